The molecule has 142 valence electrons. The SMILES string of the molecule is O=C(C1CC(F)(F)C1)N1CCOC2(CCN(Cc3ccncc3)CC2)C1. The highest BCUT2D eigenvalue weighted by Crippen LogP contribution is 2.44. The van der Waals surface area contributed by atoms with Gasteiger partial charge in [0.2, 0.25) is 11.8 Å². The number of halogens is 2. The summed E-state index contributed by atoms with van der Waals surface area (Å²) >= 11 is 0. The van der Waals surface area contributed by atoms with Gasteiger partial charge in [-0.3, -0.25) is 14.7 Å². The van der Waals surface area contributed by atoms with Gasteiger partial charge in [-0.25, -0.2) is 8.78 Å². The fraction of sp³-hybridized carbons (Fsp3) is 0.684. The van der Waals surface area contributed by atoms with Crippen LogP contribution < -0.4 is 0 Å². The molecule has 2 saturated heterocycles. The van der Waals surface area contributed by atoms with Gasteiger partial charge >= 0.3 is 0 Å². The second-order valence-electron chi connectivity index (χ2n) is 7.88. The summed E-state index contributed by atoms with van der Waals surface area (Å²) in [5.41, 5.74) is 0.929. The van der Waals surface area contributed by atoms with Gasteiger partial charge in [-0.2, -0.15) is 0 Å². The minimum absolute atomic E-state index is 0.113. The molecule has 3 fully saturated rings. The molecule has 1 aliphatic carbocycles. The molecule has 26 heavy (non-hydrogen) atoms. The van der Waals surface area contributed by atoms with Crippen molar-refractivity contribution in [2.75, 3.05) is 32.8 Å². The van der Waals surface area contributed by atoms with Crippen LogP contribution in [-0.2, 0) is 16.1 Å². The number of alkyl halides is 2. The highest BCUT2D eigenvalue weighted by atomic mass is 19.3. The van der Waals surface area contributed by atoms with Crippen molar-refractivity contribution < 1.29 is 18.3 Å². The van der Waals surface area contributed by atoms with Crippen LogP contribution in [0, 0.1) is 5.92 Å². The number of hydrogen-bond donors (Lipinski definition) is 0. The first-order valence-corrected chi connectivity index (χ1v) is 9.37. The van der Waals surface area contributed by atoms with Gasteiger partial charge in [0.25, 0.3) is 0 Å². The van der Waals surface area contributed by atoms with E-state index in [1.165, 1.54) is 5.56 Å². The summed E-state index contributed by atoms with van der Waals surface area (Å²) in [6.45, 7) is 4.26. The fourth-order valence-electron chi connectivity index (χ4n) is 4.29. The third-order valence-electron chi connectivity index (χ3n) is 5.92. The maximum Gasteiger partial charge on any atom is 0.249 e. The molecule has 5 nitrogen and oxygen atoms in total. The first kappa shape index (κ1) is 17.8. The number of nitrogens with zero attached hydrogens (tertiary/aromatic N) is 3. The predicted octanol–water partition coefficient (Wildman–Crippen LogP) is 2.32. The number of carbonyl (C=O) groups excluding carboxylic acids is 1. The lowest BCUT2D eigenvalue weighted by Crippen LogP contribution is -2.59. The van der Waals surface area contributed by atoms with Gasteiger partial charge in [0.05, 0.1) is 12.2 Å². The van der Waals surface area contributed by atoms with Crippen molar-refractivity contribution >= 4 is 5.91 Å². The molecule has 0 aromatic carbocycles. The van der Waals surface area contributed by atoms with Crippen molar-refractivity contribution in [3.63, 3.8) is 0 Å². The first-order chi connectivity index (χ1) is 12.4. The molecule has 0 bridgehead atoms. The molecule has 1 aromatic rings. The molecule has 1 aromatic heterocycles. The van der Waals surface area contributed by atoms with Gasteiger partial charge < -0.3 is 9.64 Å². The zero-order valence-corrected chi connectivity index (χ0v) is 14.9. The fourth-order valence-corrected chi connectivity index (χ4v) is 4.29. The summed E-state index contributed by atoms with van der Waals surface area (Å²) in [6.07, 6.45) is 4.74. The highest BCUT2D eigenvalue weighted by Gasteiger charge is 2.51. The van der Waals surface area contributed by atoms with E-state index in [1.807, 2.05) is 12.1 Å². The Morgan fingerprint density at radius 3 is 2.54 bits per heavy atom. The number of hydrogen-bond acceptors (Lipinski definition) is 4. The number of amides is 1. The van der Waals surface area contributed by atoms with Gasteiger partial charge in [-0.05, 0) is 30.5 Å². The summed E-state index contributed by atoms with van der Waals surface area (Å²) in [5.74, 6) is -3.27. The van der Waals surface area contributed by atoms with E-state index in [-0.39, 0.29) is 24.3 Å². The quantitative estimate of drug-likeness (QED) is 0.825. The van der Waals surface area contributed by atoms with Crippen LogP contribution in [0.2, 0.25) is 0 Å². The summed E-state index contributed by atoms with van der Waals surface area (Å²) in [6, 6.07) is 4.05. The van der Waals surface area contributed by atoms with Crippen LogP contribution in [0.15, 0.2) is 24.5 Å². The number of piperidine rings is 1. The van der Waals surface area contributed by atoms with E-state index < -0.39 is 11.8 Å². The predicted molar refractivity (Wildman–Crippen MR) is 91.7 cm³/mol. The molecule has 3 aliphatic rings. The van der Waals surface area contributed by atoms with E-state index in [0.717, 1.165) is 32.5 Å². The minimum atomic E-state index is -2.65. The molecule has 0 atom stereocenters. The lowest BCUT2D eigenvalue weighted by atomic mass is 9.79. The molecule has 1 amide bonds. The van der Waals surface area contributed by atoms with Crippen molar-refractivity contribution in [2.45, 2.75) is 43.8 Å². The number of ether oxygens (including phenoxy) is 1. The highest BCUT2D eigenvalue weighted by molar-refractivity contribution is 5.80. The van der Waals surface area contributed by atoms with E-state index in [4.69, 9.17) is 4.74 Å². The van der Waals surface area contributed by atoms with Gasteiger partial charge in [0.1, 0.15) is 0 Å². The van der Waals surface area contributed by atoms with Crippen molar-refractivity contribution in [2.24, 2.45) is 5.92 Å². The number of aromatic nitrogens is 1. The summed E-state index contributed by atoms with van der Waals surface area (Å²) in [4.78, 5) is 20.7. The Kier molecular flexibility index (Phi) is 4.69. The molecule has 2 aliphatic heterocycles. The first-order valence-electron chi connectivity index (χ1n) is 9.37. The largest absolute Gasteiger partial charge is 0.371 e. The van der Waals surface area contributed by atoms with Crippen molar-refractivity contribution in [3.8, 4) is 0 Å². The normalized spacial score (nSPS) is 25.8. The average Bonchev–Trinajstić information content (AvgIpc) is 2.62. The van der Waals surface area contributed by atoms with Crippen LogP contribution in [0.5, 0.6) is 0 Å². The second kappa shape index (κ2) is 6.85. The smallest absolute Gasteiger partial charge is 0.249 e. The van der Waals surface area contributed by atoms with E-state index >= 15 is 0 Å². The van der Waals surface area contributed by atoms with Gasteiger partial charge in [-0.1, -0.05) is 0 Å². The minimum Gasteiger partial charge on any atom is -0.371 e. The van der Waals surface area contributed by atoms with E-state index in [0.29, 0.717) is 19.7 Å². The van der Waals surface area contributed by atoms with Gasteiger partial charge in [-0.15, -0.1) is 0 Å². The van der Waals surface area contributed by atoms with E-state index in [2.05, 4.69) is 9.88 Å². The van der Waals surface area contributed by atoms with Crippen LogP contribution >= 0.6 is 0 Å². The Bertz CT molecular complexity index is 639. The zero-order valence-electron chi connectivity index (χ0n) is 14.9. The lowest BCUT2D eigenvalue weighted by Gasteiger charge is -2.48. The molecule has 0 unspecified atom stereocenters. The van der Waals surface area contributed by atoms with Gasteiger partial charge in [0, 0.05) is 63.9 Å². The monoisotopic (exact) mass is 365 g/mol. The summed E-state index contributed by atoms with van der Waals surface area (Å²) < 4.78 is 32.2. The van der Waals surface area contributed by atoms with Gasteiger partial charge in [0.15, 0.2) is 0 Å². The molecule has 4 rings (SSSR count). The Labute approximate surface area is 152 Å². The maximum atomic E-state index is 13.1. The summed E-state index contributed by atoms with van der Waals surface area (Å²) in [7, 11) is 0. The Hall–Kier alpha value is -1.60. The summed E-state index contributed by atoms with van der Waals surface area (Å²) in [5, 5.41) is 0. The molecular weight excluding hydrogens is 340 g/mol. The molecule has 1 saturated carbocycles. The Morgan fingerprint density at radius 2 is 1.88 bits per heavy atom. The molecular formula is C19H25F2N3O2. The Morgan fingerprint density at radius 1 is 1.19 bits per heavy atom. The zero-order chi connectivity index (χ0) is 18.2. The molecule has 0 N–H and O–H groups in total. The molecule has 1 spiro atoms. The third kappa shape index (κ3) is 3.74. The van der Waals surface area contributed by atoms with Crippen LogP contribution in [-0.4, -0.2) is 65.0 Å². The second-order valence-corrected chi connectivity index (χ2v) is 7.88. The lowest BCUT2D eigenvalue weighted by molar-refractivity contribution is -0.178. The molecule has 3 heterocycles. The Balaban J connectivity index is 1.31. The third-order valence-corrected chi connectivity index (χ3v) is 5.92. The number of rotatable bonds is 3. The standard InChI is InChI=1S/C19H25F2N3O2/c20-19(21)11-16(12-19)17(25)24-9-10-26-18(14-24)3-7-23(8-4-18)13-15-1-5-22-6-2-15/h1-2,5-6,16H,3-4,7-14H2. The molecule has 0 radical (unpaired) electrons. The van der Waals surface area contributed by atoms with Crippen LogP contribution in [0.25, 0.3) is 0 Å². The van der Waals surface area contributed by atoms with E-state index in [1.54, 1.807) is 17.3 Å². The van der Waals surface area contributed by atoms with Crippen LogP contribution in [0.1, 0.15) is 31.2 Å². The number of pyridine rings is 1. The van der Waals surface area contributed by atoms with Crippen LogP contribution in [0.3, 0.4) is 0 Å². The topological polar surface area (TPSA) is 45.7 Å². The molecule has 7 heteroatoms. The van der Waals surface area contributed by atoms with Crippen molar-refractivity contribution in [3.05, 3.63) is 30.1 Å². The van der Waals surface area contributed by atoms with Crippen LogP contribution in [0.4, 0.5) is 8.78 Å². The van der Waals surface area contributed by atoms with Crippen molar-refractivity contribution in [1.29, 1.82) is 0 Å². The number of morpholine rings is 1. The average molecular weight is 365 g/mol. The van der Waals surface area contributed by atoms with Crippen molar-refractivity contribution in [1.82, 2.24) is 14.8 Å². The number of likely N-dealkylation sites (tertiary alicyclic amines) is 1. The number of carbonyl (C=O) groups is 1. The van der Waals surface area contributed by atoms with E-state index in [9.17, 15) is 13.6 Å². The maximum absolute atomic E-state index is 13.1.